The van der Waals surface area contributed by atoms with Crippen molar-refractivity contribution in [2.24, 2.45) is 0 Å². The minimum atomic E-state index is -0.398. The largest absolute Gasteiger partial charge is 0.393 e. The molecule has 0 aliphatic heterocycles. The molecule has 0 saturated heterocycles. The molecule has 0 saturated carbocycles. The van der Waals surface area contributed by atoms with Gasteiger partial charge in [0.1, 0.15) is 0 Å². The van der Waals surface area contributed by atoms with Gasteiger partial charge in [0, 0.05) is 20.5 Å². The van der Waals surface area contributed by atoms with Crippen molar-refractivity contribution in [3.05, 3.63) is 29.8 Å². The van der Waals surface area contributed by atoms with Crippen LogP contribution in [-0.2, 0) is 4.79 Å². The monoisotopic (exact) mass is 278 g/mol. The normalized spacial score (nSPS) is 11.8. The molecule has 1 aromatic carbocycles. The molecule has 1 rings (SSSR count). The minimum absolute atomic E-state index is 0.133. The number of carbonyl (C=O) groups is 2. The van der Waals surface area contributed by atoms with E-state index < -0.39 is 6.10 Å². The molecule has 5 nitrogen and oxygen atoms in total. The fourth-order valence-corrected chi connectivity index (χ4v) is 1.78. The second kappa shape index (κ2) is 7.65. The molecule has 1 aromatic rings. The molecular formula is C15H22N2O3. The van der Waals surface area contributed by atoms with Gasteiger partial charge in [0.25, 0.3) is 5.91 Å². The number of anilines is 1. The van der Waals surface area contributed by atoms with E-state index in [0.29, 0.717) is 30.6 Å². The van der Waals surface area contributed by atoms with Crippen LogP contribution in [0, 0.1) is 0 Å². The Bertz CT molecular complexity index is 474. The highest BCUT2D eigenvalue weighted by molar-refractivity contribution is 6.04. The second-order valence-corrected chi connectivity index (χ2v) is 4.70. The van der Waals surface area contributed by atoms with Gasteiger partial charge in [-0.25, -0.2) is 0 Å². The lowest BCUT2D eigenvalue weighted by Gasteiger charge is -2.18. The first kappa shape index (κ1) is 16.2. The average molecular weight is 278 g/mol. The Morgan fingerprint density at radius 3 is 2.60 bits per heavy atom. The number of amides is 2. The number of nitrogens with zero attached hydrogens (tertiary/aromatic N) is 1. The predicted molar refractivity (Wildman–Crippen MR) is 78.8 cm³/mol. The van der Waals surface area contributed by atoms with Crippen LogP contribution in [-0.4, -0.2) is 36.6 Å². The van der Waals surface area contributed by atoms with Crippen molar-refractivity contribution in [1.82, 2.24) is 5.32 Å². The van der Waals surface area contributed by atoms with Gasteiger partial charge in [0.15, 0.2) is 0 Å². The summed E-state index contributed by atoms with van der Waals surface area (Å²) in [7, 11) is 1.63. The van der Waals surface area contributed by atoms with Gasteiger partial charge in [-0.15, -0.1) is 0 Å². The summed E-state index contributed by atoms with van der Waals surface area (Å²) < 4.78 is 0. The zero-order valence-electron chi connectivity index (χ0n) is 12.2. The smallest absolute Gasteiger partial charge is 0.253 e. The first-order valence-corrected chi connectivity index (χ1v) is 6.77. The third kappa shape index (κ3) is 4.35. The van der Waals surface area contributed by atoms with E-state index in [4.69, 9.17) is 0 Å². The van der Waals surface area contributed by atoms with Crippen molar-refractivity contribution in [2.45, 2.75) is 32.8 Å². The summed E-state index contributed by atoms with van der Waals surface area (Å²) in [6, 6.07) is 6.96. The highest BCUT2D eigenvalue weighted by Gasteiger charge is 2.15. The van der Waals surface area contributed by atoms with E-state index in [1.54, 1.807) is 31.3 Å². The van der Waals surface area contributed by atoms with E-state index >= 15 is 0 Å². The molecule has 110 valence electrons. The van der Waals surface area contributed by atoms with E-state index in [1.165, 1.54) is 11.8 Å². The zero-order valence-corrected chi connectivity index (χ0v) is 12.2. The maximum Gasteiger partial charge on any atom is 0.253 e. The number of para-hydroxylation sites is 1. The summed E-state index contributed by atoms with van der Waals surface area (Å²) in [6.07, 6.45) is 0.789. The van der Waals surface area contributed by atoms with Gasteiger partial charge in [-0.2, -0.15) is 0 Å². The number of benzene rings is 1. The topological polar surface area (TPSA) is 69.6 Å². The molecule has 2 amide bonds. The average Bonchev–Trinajstić information content (AvgIpc) is 2.45. The fourth-order valence-electron chi connectivity index (χ4n) is 1.78. The predicted octanol–water partition coefficient (Wildman–Crippen LogP) is 1.56. The molecule has 0 heterocycles. The SMILES string of the molecule is CCC(O)CCNC(=O)c1ccccc1N(C)C(C)=O. The third-order valence-corrected chi connectivity index (χ3v) is 3.22. The Labute approximate surface area is 119 Å². The fraction of sp³-hybridized carbons (Fsp3) is 0.467. The van der Waals surface area contributed by atoms with Gasteiger partial charge >= 0.3 is 0 Å². The van der Waals surface area contributed by atoms with Crippen LogP contribution in [0.3, 0.4) is 0 Å². The highest BCUT2D eigenvalue weighted by Crippen LogP contribution is 2.19. The number of aliphatic hydroxyl groups excluding tert-OH is 1. The number of rotatable bonds is 6. The lowest BCUT2D eigenvalue weighted by Crippen LogP contribution is -2.30. The van der Waals surface area contributed by atoms with Crippen LogP contribution < -0.4 is 10.2 Å². The summed E-state index contributed by atoms with van der Waals surface area (Å²) in [5, 5.41) is 12.2. The molecule has 0 aliphatic rings. The summed E-state index contributed by atoms with van der Waals surface area (Å²) >= 11 is 0. The standard InChI is InChI=1S/C15H22N2O3/c1-4-12(19)9-10-16-15(20)13-7-5-6-8-14(13)17(3)11(2)18/h5-8,12,19H,4,9-10H2,1-3H3,(H,16,20). The van der Waals surface area contributed by atoms with Crippen LogP contribution in [0.4, 0.5) is 5.69 Å². The molecule has 0 radical (unpaired) electrons. The van der Waals surface area contributed by atoms with Crippen LogP contribution >= 0.6 is 0 Å². The van der Waals surface area contributed by atoms with Crippen molar-refractivity contribution in [1.29, 1.82) is 0 Å². The van der Waals surface area contributed by atoms with Crippen LogP contribution in [0.15, 0.2) is 24.3 Å². The Morgan fingerprint density at radius 2 is 2.00 bits per heavy atom. The molecule has 0 aliphatic carbocycles. The molecule has 20 heavy (non-hydrogen) atoms. The van der Waals surface area contributed by atoms with Crippen molar-refractivity contribution in [2.75, 3.05) is 18.5 Å². The first-order chi connectivity index (χ1) is 9.47. The number of nitrogens with one attached hydrogen (secondary N) is 1. The van der Waals surface area contributed by atoms with Crippen LogP contribution in [0.5, 0.6) is 0 Å². The maximum atomic E-state index is 12.1. The number of carbonyl (C=O) groups excluding carboxylic acids is 2. The van der Waals surface area contributed by atoms with Crippen molar-refractivity contribution in [3.63, 3.8) is 0 Å². The van der Waals surface area contributed by atoms with Crippen LogP contribution in [0.1, 0.15) is 37.0 Å². The number of aliphatic hydroxyl groups is 1. The van der Waals surface area contributed by atoms with E-state index in [1.807, 2.05) is 6.92 Å². The molecule has 0 fully saturated rings. The highest BCUT2D eigenvalue weighted by atomic mass is 16.3. The molecule has 0 aromatic heterocycles. The molecule has 1 unspecified atom stereocenters. The van der Waals surface area contributed by atoms with E-state index in [0.717, 1.165) is 0 Å². The Hall–Kier alpha value is -1.88. The van der Waals surface area contributed by atoms with Gasteiger partial charge in [-0.1, -0.05) is 19.1 Å². The quantitative estimate of drug-likeness (QED) is 0.829. The van der Waals surface area contributed by atoms with E-state index in [2.05, 4.69) is 5.32 Å². The van der Waals surface area contributed by atoms with Crippen molar-refractivity contribution in [3.8, 4) is 0 Å². The van der Waals surface area contributed by atoms with Crippen LogP contribution in [0.25, 0.3) is 0 Å². The van der Waals surface area contributed by atoms with E-state index in [-0.39, 0.29) is 11.8 Å². The lowest BCUT2D eigenvalue weighted by molar-refractivity contribution is -0.116. The second-order valence-electron chi connectivity index (χ2n) is 4.70. The van der Waals surface area contributed by atoms with Crippen molar-refractivity contribution >= 4 is 17.5 Å². The minimum Gasteiger partial charge on any atom is -0.393 e. The molecule has 0 bridgehead atoms. The van der Waals surface area contributed by atoms with Gasteiger partial charge in [0.05, 0.1) is 17.4 Å². The first-order valence-electron chi connectivity index (χ1n) is 6.77. The number of hydrogen-bond donors (Lipinski definition) is 2. The number of hydrogen-bond acceptors (Lipinski definition) is 3. The Kier molecular flexibility index (Phi) is 6.18. The molecule has 1 atom stereocenters. The molecule has 5 heteroatoms. The zero-order chi connectivity index (χ0) is 15.1. The Balaban J connectivity index is 2.75. The Morgan fingerprint density at radius 1 is 1.35 bits per heavy atom. The summed E-state index contributed by atoms with van der Waals surface area (Å²) in [5.41, 5.74) is 1.03. The lowest BCUT2D eigenvalue weighted by atomic mass is 10.1. The molecular weight excluding hydrogens is 256 g/mol. The van der Waals surface area contributed by atoms with Gasteiger partial charge in [-0.05, 0) is 25.0 Å². The summed E-state index contributed by atoms with van der Waals surface area (Å²) in [4.78, 5) is 25.0. The maximum absolute atomic E-state index is 12.1. The third-order valence-electron chi connectivity index (χ3n) is 3.22. The van der Waals surface area contributed by atoms with Gasteiger partial charge < -0.3 is 15.3 Å². The molecule has 0 spiro atoms. The van der Waals surface area contributed by atoms with Gasteiger partial charge in [0.2, 0.25) is 5.91 Å². The van der Waals surface area contributed by atoms with E-state index in [9.17, 15) is 14.7 Å². The summed E-state index contributed by atoms with van der Waals surface area (Å²) in [6.45, 7) is 3.75. The van der Waals surface area contributed by atoms with Crippen molar-refractivity contribution < 1.29 is 14.7 Å². The summed E-state index contributed by atoms with van der Waals surface area (Å²) in [5.74, 6) is -0.372. The van der Waals surface area contributed by atoms with Crippen LogP contribution in [0.2, 0.25) is 0 Å². The van der Waals surface area contributed by atoms with Gasteiger partial charge in [-0.3, -0.25) is 9.59 Å². The molecule has 2 N–H and O–H groups in total.